The molecule has 2 aliphatic carbocycles. The predicted molar refractivity (Wildman–Crippen MR) is 65.2 cm³/mol. The molecule has 1 saturated heterocycles. The summed E-state index contributed by atoms with van der Waals surface area (Å²) in [6.45, 7) is 4.04. The number of hydrogen-bond donors (Lipinski definition) is 1. The zero-order valence-corrected chi connectivity index (χ0v) is 10.2. The summed E-state index contributed by atoms with van der Waals surface area (Å²) in [5.41, 5.74) is 6.13. The molecule has 2 nitrogen and oxygen atoms in total. The molecule has 3 fully saturated rings. The van der Waals surface area contributed by atoms with Gasteiger partial charge in [-0.1, -0.05) is 6.42 Å². The van der Waals surface area contributed by atoms with Crippen LogP contribution < -0.4 is 5.73 Å². The Kier molecular flexibility index (Phi) is 3.59. The van der Waals surface area contributed by atoms with Crippen molar-refractivity contribution in [3.8, 4) is 0 Å². The molecule has 3 rings (SSSR count). The molecule has 0 aromatic heterocycles. The van der Waals surface area contributed by atoms with Crippen molar-refractivity contribution < 1.29 is 0 Å². The van der Waals surface area contributed by atoms with Crippen LogP contribution in [-0.2, 0) is 0 Å². The first-order valence-corrected chi connectivity index (χ1v) is 6.31. The molecule has 1 aliphatic heterocycles. The maximum atomic E-state index is 6.13. The second kappa shape index (κ2) is 4.60. The predicted octanol–water partition coefficient (Wildman–Crippen LogP) is 1.88. The number of likely N-dealkylation sites (tertiary alicyclic amines) is 1. The van der Waals surface area contributed by atoms with Crippen LogP contribution in [0.15, 0.2) is 0 Å². The lowest BCUT2D eigenvalue weighted by atomic mass is 9.85. The van der Waals surface area contributed by atoms with Gasteiger partial charge >= 0.3 is 0 Å². The van der Waals surface area contributed by atoms with Crippen molar-refractivity contribution in [3.05, 3.63) is 0 Å². The lowest BCUT2D eigenvalue weighted by Crippen LogP contribution is -2.34. The largest absolute Gasteiger partial charge is 0.327 e. The van der Waals surface area contributed by atoms with Crippen molar-refractivity contribution >= 4 is 12.4 Å². The van der Waals surface area contributed by atoms with Crippen LogP contribution in [0.1, 0.15) is 32.1 Å². The summed E-state index contributed by atoms with van der Waals surface area (Å²) in [5, 5.41) is 0. The van der Waals surface area contributed by atoms with E-state index in [-0.39, 0.29) is 12.4 Å². The molecule has 2 saturated carbocycles. The lowest BCUT2D eigenvalue weighted by molar-refractivity contribution is 0.194. The number of hydrogen-bond acceptors (Lipinski definition) is 2. The minimum absolute atomic E-state index is 0. The first-order valence-electron chi connectivity index (χ1n) is 6.31. The van der Waals surface area contributed by atoms with E-state index in [4.69, 9.17) is 5.73 Å². The molecule has 15 heavy (non-hydrogen) atoms. The summed E-state index contributed by atoms with van der Waals surface area (Å²) in [5.74, 6) is 2.82. The second-order valence-corrected chi connectivity index (χ2v) is 5.68. The zero-order valence-electron chi connectivity index (χ0n) is 9.40. The van der Waals surface area contributed by atoms with Crippen molar-refractivity contribution in [3.63, 3.8) is 0 Å². The molecular formula is C12H23ClN2. The average molecular weight is 231 g/mol. The van der Waals surface area contributed by atoms with Gasteiger partial charge in [-0.3, -0.25) is 0 Å². The highest BCUT2D eigenvalue weighted by Crippen LogP contribution is 2.38. The van der Waals surface area contributed by atoms with Gasteiger partial charge in [0.1, 0.15) is 0 Å². The van der Waals surface area contributed by atoms with Gasteiger partial charge in [-0.25, -0.2) is 0 Å². The molecule has 3 atom stereocenters. The normalized spacial score (nSPS) is 41.0. The highest BCUT2D eigenvalue weighted by molar-refractivity contribution is 5.85. The lowest BCUT2D eigenvalue weighted by Gasteiger charge is -2.30. The number of nitrogens with two attached hydrogens (primary N) is 1. The van der Waals surface area contributed by atoms with Crippen LogP contribution >= 0.6 is 12.4 Å². The molecular weight excluding hydrogens is 208 g/mol. The van der Waals surface area contributed by atoms with Crippen LogP contribution in [0.5, 0.6) is 0 Å². The van der Waals surface area contributed by atoms with Gasteiger partial charge in [0, 0.05) is 25.7 Å². The number of nitrogens with zero attached hydrogens (tertiary/aromatic N) is 1. The number of halogens is 1. The van der Waals surface area contributed by atoms with E-state index >= 15 is 0 Å². The van der Waals surface area contributed by atoms with Crippen LogP contribution in [0.25, 0.3) is 0 Å². The van der Waals surface area contributed by atoms with Crippen LogP contribution in [0.3, 0.4) is 0 Å². The molecule has 3 heteroatoms. The quantitative estimate of drug-likeness (QED) is 0.785. The van der Waals surface area contributed by atoms with Gasteiger partial charge in [-0.05, 0) is 43.4 Å². The molecule has 0 radical (unpaired) electrons. The van der Waals surface area contributed by atoms with Crippen LogP contribution in [0.4, 0.5) is 0 Å². The minimum Gasteiger partial charge on any atom is -0.327 e. The molecule has 0 bridgehead atoms. The summed E-state index contributed by atoms with van der Waals surface area (Å²) < 4.78 is 0. The van der Waals surface area contributed by atoms with Crippen molar-refractivity contribution in [2.24, 2.45) is 23.5 Å². The van der Waals surface area contributed by atoms with Crippen molar-refractivity contribution in [1.29, 1.82) is 0 Å². The van der Waals surface area contributed by atoms with Crippen molar-refractivity contribution in [2.75, 3.05) is 19.6 Å². The third-order valence-corrected chi connectivity index (χ3v) is 4.73. The Balaban J connectivity index is 0.000000853. The molecule has 0 amide bonds. The van der Waals surface area contributed by atoms with E-state index in [9.17, 15) is 0 Å². The van der Waals surface area contributed by atoms with E-state index in [0.29, 0.717) is 6.04 Å². The Morgan fingerprint density at radius 1 is 1.07 bits per heavy atom. The molecule has 2 N–H and O–H groups in total. The Morgan fingerprint density at radius 3 is 2.47 bits per heavy atom. The molecule has 1 heterocycles. The molecule has 0 spiro atoms. The topological polar surface area (TPSA) is 29.3 Å². The van der Waals surface area contributed by atoms with Gasteiger partial charge in [0.2, 0.25) is 0 Å². The maximum Gasteiger partial charge on any atom is 0.00826 e. The number of rotatable bonds is 2. The highest BCUT2D eigenvalue weighted by atomic mass is 35.5. The van der Waals surface area contributed by atoms with Gasteiger partial charge < -0.3 is 10.6 Å². The van der Waals surface area contributed by atoms with Gasteiger partial charge in [0.15, 0.2) is 0 Å². The third-order valence-electron chi connectivity index (χ3n) is 4.73. The monoisotopic (exact) mass is 230 g/mol. The Hall–Kier alpha value is 0.210. The molecule has 3 aliphatic rings. The fourth-order valence-electron chi connectivity index (χ4n) is 3.59. The second-order valence-electron chi connectivity index (χ2n) is 5.68. The van der Waals surface area contributed by atoms with Crippen molar-refractivity contribution in [2.45, 2.75) is 38.1 Å². The molecule has 1 unspecified atom stereocenters. The van der Waals surface area contributed by atoms with E-state index in [0.717, 1.165) is 17.8 Å². The SMILES string of the molecule is Cl.NC1CC[C@H]2CN(CC3CCC3)C[C@@H]12. The molecule has 88 valence electrons. The molecule has 0 aromatic rings. The van der Waals surface area contributed by atoms with Crippen LogP contribution in [0, 0.1) is 17.8 Å². The van der Waals surface area contributed by atoms with Crippen LogP contribution in [-0.4, -0.2) is 30.6 Å². The zero-order chi connectivity index (χ0) is 9.54. The fourth-order valence-corrected chi connectivity index (χ4v) is 3.59. The Labute approximate surface area is 99.0 Å². The van der Waals surface area contributed by atoms with Gasteiger partial charge in [0.25, 0.3) is 0 Å². The standard InChI is InChI=1S/C12H22N2.ClH/c13-12-5-4-10-7-14(8-11(10)12)6-9-2-1-3-9;/h9-12H,1-8,13H2;1H/t10-,11+,12?;/m0./s1. The summed E-state index contributed by atoms with van der Waals surface area (Å²) in [6, 6.07) is 0.520. The maximum absolute atomic E-state index is 6.13. The van der Waals surface area contributed by atoms with Crippen LogP contribution in [0.2, 0.25) is 0 Å². The summed E-state index contributed by atoms with van der Waals surface area (Å²) >= 11 is 0. The fraction of sp³-hybridized carbons (Fsp3) is 1.00. The van der Waals surface area contributed by atoms with E-state index in [1.165, 1.54) is 51.7 Å². The van der Waals surface area contributed by atoms with Gasteiger partial charge in [0.05, 0.1) is 0 Å². The first kappa shape index (κ1) is 11.7. The van der Waals surface area contributed by atoms with E-state index in [1.54, 1.807) is 0 Å². The van der Waals surface area contributed by atoms with Crippen molar-refractivity contribution in [1.82, 2.24) is 4.90 Å². The van der Waals surface area contributed by atoms with Gasteiger partial charge in [-0.15, -0.1) is 12.4 Å². The van der Waals surface area contributed by atoms with E-state index in [2.05, 4.69) is 4.90 Å². The van der Waals surface area contributed by atoms with Gasteiger partial charge in [-0.2, -0.15) is 0 Å². The molecule has 0 aromatic carbocycles. The highest BCUT2D eigenvalue weighted by Gasteiger charge is 2.41. The third kappa shape index (κ3) is 2.17. The summed E-state index contributed by atoms with van der Waals surface area (Å²) in [6.07, 6.45) is 7.13. The van der Waals surface area contributed by atoms with E-state index in [1.807, 2.05) is 0 Å². The average Bonchev–Trinajstić information content (AvgIpc) is 2.62. The Morgan fingerprint density at radius 2 is 1.87 bits per heavy atom. The smallest absolute Gasteiger partial charge is 0.00826 e. The minimum atomic E-state index is 0. The summed E-state index contributed by atoms with van der Waals surface area (Å²) in [7, 11) is 0. The first-order chi connectivity index (χ1) is 6.83. The summed E-state index contributed by atoms with van der Waals surface area (Å²) in [4.78, 5) is 2.69. The number of fused-ring (bicyclic) bond motifs is 1. The Bertz CT molecular complexity index is 218. The van der Waals surface area contributed by atoms with E-state index < -0.39 is 0 Å².